The molecule has 0 saturated heterocycles. The third-order valence-corrected chi connectivity index (χ3v) is 6.75. The highest BCUT2D eigenvalue weighted by molar-refractivity contribution is 5.73. The first-order valence-electron chi connectivity index (χ1n) is 9.77. The summed E-state index contributed by atoms with van der Waals surface area (Å²) in [5.41, 5.74) is 5.20. The van der Waals surface area contributed by atoms with Gasteiger partial charge in [-0.1, -0.05) is 51.0 Å². The Morgan fingerprint density at radius 1 is 1.28 bits per heavy atom. The highest BCUT2D eigenvalue weighted by Gasteiger charge is 2.50. The van der Waals surface area contributed by atoms with Crippen LogP contribution in [0.1, 0.15) is 73.6 Å². The van der Waals surface area contributed by atoms with Gasteiger partial charge in [-0.3, -0.25) is 4.79 Å². The van der Waals surface area contributed by atoms with Crippen LogP contribution >= 0.6 is 0 Å². The molecule has 140 valence electrons. The molecule has 0 radical (unpaired) electrons. The molecule has 0 spiro atoms. The molecule has 0 heterocycles. The van der Waals surface area contributed by atoms with Crippen LogP contribution in [0, 0.1) is 22.7 Å². The van der Waals surface area contributed by atoms with Gasteiger partial charge < -0.3 is 4.74 Å². The van der Waals surface area contributed by atoms with E-state index in [2.05, 4.69) is 40.7 Å². The molecule has 0 amide bonds. The topological polar surface area (TPSA) is 26.3 Å². The van der Waals surface area contributed by atoms with Crippen molar-refractivity contribution in [3.63, 3.8) is 0 Å². The molecular weight excluding hydrogens is 308 g/mol. The summed E-state index contributed by atoms with van der Waals surface area (Å²) in [4.78, 5) is 11.5. The van der Waals surface area contributed by atoms with E-state index in [9.17, 15) is 4.79 Å². The predicted molar refractivity (Wildman–Crippen MR) is 105 cm³/mol. The van der Waals surface area contributed by atoms with Crippen LogP contribution in [-0.2, 0) is 9.53 Å². The van der Waals surface area contributed by atoms with E-state index < -0.39 is 0 Å². The van der Waals surface area contributed by atoms with Crippen LogP contribution < -0.4 is 0 Å². The van der Waals surface area contributed by atoms with Gasteiger partial charge in [0.25, 0.3) is 0 Å². The number of allylic oxidation sites excluding steroid dienone is 5. The molecule has 2 aliphatic rings. The van der Waals surface area contributed by atoms with Gasteiger partial charge in [-0.2, -0.15) is 0 Å². The Bertz CT molecular complexity index is 606. The van der Waals surface area contributed by atoms with Crippen LogP contribution in [0.15, 0.2) is 34.9 Å². The highest BCUT2D eigenvalue weighted by Crippen LogP contribution is 2.60. The van der Waals surface area contributed by atoms with Crippen molar-refractivity contribution in [3.8, 4) is 0 Å². The van der Waals surface area contributed by atoms with E-state index in [4.69, 9.17) is 4.74 Å². The summed E-state index contributed by atoms with van der Waals surface area (Å²) in [6, 6.07) is 0. The Kier molecular flexibility index (Phi) is 6.01. The van der Waals surface area contributed by atoms with E-state index in [0.717, 1.165) is 5.92 Å². The standard InChI is InChI=1S/C23H36O2/c1-16(10-8-11-18(3)21(24)25-7)20-17(2)12-13-19-22(4,5)14-9-15-23(19,20)6/h8,10-11,18-19H,9,12-15H2,1-7H3/b11-8+,16-10-/t18-,19+,23+/m1/s1. The maximum Gasteiger partial charge on any atom is 0.312 e. The van der Waals surface area contributed by atoms with Crippen LogP contribution in [0.25, 0.3) is 0 Å². The van der Waals surface area contributed by atoms with E-state index in [0.29, 0.717) is 5.41 Å². The molecule has 0 bridgehead atoms. The van der Waals surface area contributed by atoms with Gasteiger partial charge >= 0.3 is 5.97 Å². The normalized spacial score (nSPS) is 31.0. The second kappa shape index (κ2) is 7.51. The Labute approximate surface area is 154 Å². The molecule has 2 rings (SSSR count). The van der Waals surface area contributed by atoms with E-state index in [1.807, 2.05) is 19.1 Å². The molecule has 0 aromatic heterocycles. The van der Waals surface area contributed by atoms with Gasteiger partial charge in [0.2, 0.25) is 0 Å². The summed E-state index contributed by atoms with van der Waals surface area (Å²) >= 11 is 0. The van der Waals surface area contributed by atoms with E-state index in [-0.39, 0.29) is 17.3 Å². The van der Waals surface area contributed by atoms with Crippen molar-refractivity contribution in [1.29, 1.82) is 0 Å². The second-order valence-electron chi connectivity index (χ2n) is 9.05. The van der Waals surface area contributed by atoms with Crippen LogP contribution in [0.5, 0.6) is 0 Å². The average molecular weight is 345 g/mol. The number of rotatable bonds is 4. The molecule has 3 atom stereocenters. The third kappa shape index (κ3) is 3.93. The monoisotopic (exact) mass is 344 g/mol. The molecule has 2 aliphatic carbocycles. The lowest BCUT2D eigenvalue weighted by atomic mass is 9.49. The van der Waals surface area contributed by atoms with Crippen molar-refractivity contribution in [2.24, 2.45) is 22.7 Å². The molecular formula is C23H36O2. The van der Waals surface area contributed by atoms with Crippen molar-refractivity contribution in [3.05, 3.63) is 34.9 Å². The van der Waals surface area contributed by atoms with Crippen molar-refractivity contribution >= 4 is 5.97 Å². The first-order chi connectivity index (χ1) is 11.6. The minimum absolute atomic E-state index is 0.184. The number of carbonyl (C=O) groups excluding carboxylic acids is 1. The Hall–Kier alpha value is -1.31. The molecule has 0 aromatic rings. The number of carbonyl (C=O) groups is 1. The van der Waals surface area contributed by atoms with Gasteiger partial charge in [-0.05, 0) is 74.3 Å². The minimum atomic E-state index is -0.201. The number of fused-ring (bicyclic) bond motifs is 1. The first-order valence-corrected chi connectivity index (χ1v) is 9.77. The summed E-state index contributed by atoms with van der Waals surface area (Å²) in [5.74, 6) is 0.373. The molecule has 2 heteroatoms. The maximum atomic E-state index is 11.5. The van der Waals surface area contributed by atoms with E-state index in [1.165, 1.54) is 44.8 Å². The quantitative estimate of drug-likeness (QED) is 0.445. The number of esters is 1. The first kappa shape index (κ1) is 20.0. The SMILES string of the molecule is COC(=O)[C@H](C)/C=C/C=C(/C)C1=C(C)CC[C@H]2C(C)(C)CCC[C@]12C. The van der Waals surface area contributed by atoms with Crippen LogP contribution in [0.3, 0.4) is 0 Å². The van der Waals surface area contributed by atoms with Gasteiger partial charge in [0.1, 0.15) is 0 Å². The van der Waals surface area contributed by atoms with Crippen molar-refractivity contribution in [2.75, 3.05) is 7.11 Å². The smallest absolute Gasteiger partial charge is 0.312 e. The lowest BCUT2D eigenvalue weighted by Gasteiger charge is -2.55. The molecule has 2 nitrogen and oxygen atoms in total. The summed E-state index contributed by atoms with van der Waals surface area (Å²) in [7, 11) is 1.44. The molecule has 0 aliphatic heterocycles. The van der Waals surface area contributed by atoms with Gasteiger partial charge in [-0.25, -0.2) is 0 Å². The molecule has 0 N–H and O–H groups in total. The van der Waals surface area contributed by atoms with Gasteiger partial charge in [-0.15, -0.1) is 0 Å². The van der Waals surface area contributed by atoms with Gasteiger partial charge in [0, 0.05) is 0 Å². The van der Waals surface area contributed by atoms with Crippen LogP contribution in [0.2, 0.25) is 0 Å². The molecule has 0 unspecified atom stereocenters. The van der Waals surface area contributed by atoms with Crippen molar-refractivity contribution in [2.45, 2.75) is 73.6 Å². The molecule has 25 heavy (non-hydrogen) atoms. The summed E-state index contributed by atoms with van der Waals surface area (Å²) in [5, 5.41) is 0. The van der Waals surface area contributed by atoms with Crippen molar-refractivity contribution in [1.82, 2.24) is 0 Å². The third-order valence-electron chi connectivity index (χ3n) is 6.75. The number of methoxy groups -OCH3 is 1. The molecule has 1 saturated carbocycles. The molecule has 0 aromatic carbocycles. The summed E-state index contributed by atoms with van der Waals surface area (Å²) in [6.07, 6.45) is 12.6. The fourth-order valence-electron chi connectivity index (χ4n) is 5.61. The molecule has 1 fully saturated rings. The van der Waals surface area contributed by atoms with Crippen LogP contribution in [0.4, 0.5) is 0 Å². The minimum Gasteiger partial charge on any atom is -0.469 e. The summed E-state index contributed by atoms with van der Waals surface area (Å²) < 4.78 is 4.79. The lowest BCUT2D eigenvalue weighted by molar-refractivity contribution is -0.143. The van der Waals surface area contributed by atoms with E-state index in [1.54, 1.807) is 11.1 Å². The fraction of sp³-hybridized carbons (Fsp3) is 0.696. The highest BCUT2D eigenvalue weighted by atomic mass is 16.5. The Balaban J connectivity index is 2.30. The number of hydrogen-bond acceptors (Lipinski definition) is 2. The average Bonchev–Trinajstić information content (AvgIpc) is 2.52. The van der Waals surface area contributed by atoms with Crippen LogP contribution in [-0.4, -0.2) is 13.1 Å². The van der Waals surface area contributed by atoms with Crippen molar-refractivity contribution < 1.29 is 9.53 Å². The fourth-order valence-corrected chi connectivity index (χ4v) is 5.61. The number of ether oxygens (including phenoxy) is 1. The van der Waals surface area contributed by atoms with Gasteiger partial charge in [0.05, 0.1) is 13.0 Å². The predicted octanol–water partition coefficient (Wildman–Crippen LogP) is 6.24. The zero-order chi connectivity index (χ0) is 18.8. The zero-order valence-corrected chi connectivity index (χ0v) is 17.2. The Morgan fingerprint density at radius 3 is 2.60 bits per heavy atom. The number of hydrogen-bond donors (Lipinski definition) is 0. The van der Waals surface area contributed by atoms with E-state index >= 15 is 0 Å². The lowest BCUT2D eigenvalue weighted by Crippen LogP contribution is -2.45. The summed E-state index contributed by atoms with van der Waals surface area (Å²) in [6.45, 7) is 13.8. The largest absolute Gasteiger partial charge is 0.469 e. The zero-order valence-electron chi connectivity index (χ0n) is 17.2. The maximum absolute atomic E-state index is 11.5. The van der Waals surface area contributed by atoms with Gasteiger partial charge in [0.15, 0.2) is 0 Å². The second-order valence-corrected chi connectivity index (χ2v) is 9.05. The Morgan fingerprint density at radius 2 is 1.96 bits per heavy atom.